The van der Waals surface area contributed by atoms with Crippen LogP contribution in [-0.4, -0.2) is 35.9 Å². The maximum Gasteiger partial charge on any atom is 0.261 e. The van der Waals surface area contributed by atoms with Crippen molar-refractivity contribution < 1.29 is 18.7 Å². The molecule has 156 valence electrons. The third-order valence-electron chi connectivity index (χ3n) is 4.25. The number of hydrogen-bond donors (Lipinski definition) is 1. The Hall–Kier alpha value is -2.31. The van der Waals surface area contributed by atoms with Crippen LogP contribution in [-0.2, 0) is 16.1 Å². The van der Waals surface area contributed by atoms with Crippen molar-refractivity contribution in [2.45, 2.75) is 32.9 Å². The van der Waals surface area contributed by atoms with E-state index in [4.69, 9.17) is 27.9 Å². The SMILES string of the molecule is CCCNC(=O)[C@H](C)N(Cc1ccc(Cl)cc1Cl)C(=O)COc1ccc(F)cc1. The maximum atomic E-state index is 13.0. The van der Waals surface area contributed by atoms with Crippen molar-refractivity contribution in [1.29, 1.82) is 0 Å². The van der Waals surface area contributed by atoms with E-state index in [1.165, 1.54) is 29.2 Å². The van der Waals surface area contributed by atoms with Crippen LogP contribution >= 0.6 is 23.2 Å². The second-order valence-corrected chi connectivity index (χ2v) is 7.31. The number of hydrogen-bond acceptors (Lipinski definition) is 3. The fourth-order valence-corrected chi connectivity index (χ4v) is 3.04. The normalized spacial score (nSPS) is 11.6. The van der Waals surface area contributed by atoms with Crippen molar-refractivity contribution in [3.05, 3.63) is 63.9 Å². The summed E-state index contributed by atoms with van der Waals surface area (Å²) in [5.41, 5.74) is 0.654. The van der Waals surface area contributed by atoms with Crippen molar-refractivity contribution in [1.82, 2.24) is 10.2 Å². The number of rotatable bonds is 9. The number of ether oxygens (including phenoxy) is 1. The quantitative estimate of drug-likeness (QED) is 0.626. The Morgan fingerprint density at radius 1 is 1.17 bits per heavy atom. The van der Waals surface area contributed by atoms with Gasteiger partial charge in [0.1, 0.15) is 17.6 Å². The lowest BCUT2D eigenvalue weighted by molar-refractivity contribution is -0.142. The molecule has 0 heterocycles. The molecule has 0 radical (unpaired) electrons. The first-order valence-electron chi connectivity index (χ1n) is 9.21. The van der Waals surface area contributed by atoms with E-state index in [1.807, 2.05) is 6.92 Å². The third kappa shape index (κ3) is 6.91. The van der Waals surface area contributed by atoms with Gasteiger partial charge in [-0.2, -0.15) is 0 Å². The summed E-state index contributed by atoms with van der Waals surface area (Å²) in [7, 11) is 0. The third-order valence-corrected chi connectivity index (χ3v) is 4.84. The molecular weight excluding hydrogens is 418 g/mol. The van der Waals surface area contributed by atoms with Crippen LogP contribution < -0.4 is 10.1 Å². The van der Waals surface area contributed by atoms with Crippen LogP contribution in [0.1, 0.15) is 25.8 Å². The van der Waals surface area contributed by atoms with Crippen molar-refractivity contribution in [3.63, 3.8) is 0 Å². The van der Waals surface area contributed by atoms with Gasteiger partial charge in [-0.1, -0.05) is 36.2 Å². The van der Waals surface area contributed by atoms with Crippen LogP contribution in [0.25, 0.3) is 0 Å². The van der Waals surface area contributed by atoms with Gasteiger partial charge in [-0.05, 0) is 55.3 Å². The van der Waals surface area contributed by atoms with Crippen LogP contribution in [0.4, 0.5) is 4.39 Å². The Morgan fingerprint density at radius 2 is 1.86 bits per heavy atom. The standard InChI is InChI=1S/C21H23Cl2FN2O3/c1-3-10-25-21(28)14(2)26(12-15-4-5-16(22)11-19(15)23)20(27)13-29-18-8-6-17(24)7-9-18/h4-9,11,14H,3,10,12-13H2,1-2H3,(H,25,28)/t14-/m0/s1. The second kappa shape index (κ2) is 11.0. The first-order valence-corrected chi connectivity index (χ1v) is 9.97. The zero-order valence-electron chi connectivity index (χ0n) is 16.3. The van der Waals surface area contributed by atoms with Gasteiger partial charge >= 0.3 is 0 Å². The molecule has 0 fully saturated rings. The minimum Gasteiger partial charge on any atom is -0.484 e. The van der Waals surface area contributed by atoms with Gasteiger partial charge in [-0.25, -0.2) is 4.39 Å². The second-order valence-electron chi connectivity index (χ2n) is 6.47. The van der Waals surface area contributed by atoms with Gasteiger partial charge in [0.2, 0.25) is 5.91 Å². The first kappa shape index (κ1) is 23.0. The summed E-state index contributed by atoms with van der Waals surface area (Å²) in [5, 5.41) is 3.66. The van der Waals surface area contributed by atoms with Crippen LogP contribution in [0.15, 0.2) is 42.5 Å². The summed E-state index contributed by atoms with van der Waals surface area (Å²) in [6, 6.07) is 9.57. The molecule has 1 N–H and O–H groups in total. The van der Waals surface area contributed by atoms with E-state index in [-0.39, 0.29) is 19.1 Å². The van der Waals surface area contributed by atoms with E-state index < -0.39 is 17.8 Å². The summed E-state index contributed by atoms with van der Waals surface area (Å²) in [6.45, 7) is 3.91. The van der Waals surface area contributed by atoms with Crippen molar-refractivity contribution in [2.24, 2.45) is 0 Å². The van der Waals surface area contributed by atoms with Crippen LogP contribution in [0.5, 0.6) is 5.75 Å². The van der Waals surface area contributed by atoms with Gasteiger partial charge in [0, 0.05) is 23.1 Å². The van der Waals surface area contributed by atoms with E-state index in [1.54, 1.807) is 25.1 Å². The monoisotopic (exact) mass is 440 g/mol. The fraction of sp³-hybridized carbons (Fsp3) is 0.333. The number of nitrogens with one attached hydrogen (secondary N) is 1. The molecular formula is C21H23Cl2FN2O3. The highest BCUT2D eigenvalue weighted by atomic mass is 35.5. The predicted molar refractivity (Wildman–Crippen MR) is 112 cm³/mol. The number of carbonyl (C=O) groups excluding carboxylic acids is 2. The molecule has 0 saturated heterocycles. The average Bonchev–Trinajstić information content (AvgIpc) is 2.70. The van der Waals surface area contributed by atoms with E-state index >= 15 is 0 Å². The minimum absolute atomic E-state index is 0.113. The van der Waals surface area contributed by atoms with Crippen molar-refractivity contribution >= 4 is 35.0 Å². The van der Waals surface area contributed by atoms with Gasteiger partial charge in [-0.3, -0.25) is 9.59 Å². The molecule has 0 aliphatic heterocycles. The lowest BCUT2D eigenvalue weighted by atomic mass is 10.1. The first-order chi connectivity index (χ1) is 13.8. The number of carbonyl (C=O) groups is 2. The number of halogens is 3. The molecule has 2 aromatic carbocycles. The lowest BCUT2D eigenvalue weighted by Crippen LogP contribution is -2.49. The summed E-state index contributed by atoms with van der Waals surface area (Å²) in [4.78, 5) is 26.7. The van der Waals surface area contributed by atoms with Crippen LogP contribution in [0.2, 0.25) is 10.0 Å². The molecule has 0 spiro atoms. The topological polar surface area (TPSA) is 58.6 Å². The molecule has 2 aromatic rings. The Kier molecular flexibility index (Phi) is 8.73. The van der Waals surface area contributed by atoms with Gasteiger partial charge in [0.15, 0.2) is 6.61 Å². The highest BCUT2D eigenvalue weighted by Crippen LogP contribution is 2.23. The molecule has 0 aliphatic rings. The molecule has 29 heavy (non-hydrogen) atoms. The van der Waals surface area contributed by atoms with Gasteiger partial charge in [0.25, 0.3) is 5.91 Å². The van der Waals surface area contributed by atoms with Crippen molar-refractivity contribution in [2.75, 3.05) is 13.2 Å². The Balaban J connectivity index is 2.16. The largest absolute Gasteiger partial charge is 0.484 e. The fourth-order valence-electron chi connectivity index (χ4n) is 2.57. The zero-order chi connectivity index (χ0) is 21.4. The molecule has 0 bridgehead atoms. The molecule has 2 amide bonds. The minimum atomic E-state index is -0.738. The molecule has 5 nitrogen and oxygen atoms in total. The lowest BCUT2D eigenvalue weighted by Gasteiger charge is -2.29. The summed E-state index contributed by atoms with van der Waals surface area (Å²) in [5.74, 6) is -0.720. The smallest absolute Gasteiger partial charge is 0.261 e. The van der Waals surface area contributed by atoms with Gasteiger partial charge in [0.05, 0.1) is 0 Å². The van der Waals surface area contributed by atoms with Gasteiger partial charge in [-0.15, -0.1) is 0 Å². The average molecular weight is 441 g/mol. The number of benzene rings is 2. The number of amides is 2. The maximum absolute atomic E-state index is 13.0. The Labute approximate surface area is 179 Å². The van der Waals surface area contributed by atoms with E-state index in [0.29, 0.717) is 27.9 Å². The summed E-state index contributed by atoms with van der Waals surface area (Å²) < 4.78 is 18.5. The molecule has 0 aliphatic carbocycles. The molecule has 0 saturated carbocycles. The molecule has 0 aromatic heterocycles. The predicted octanol–water partition coefficient (Wildman–Crippen LogP) is 4.45. The van der Waals surface area contributed by atoms with E-state index in [2.05, 4.69) is 5.32 Å². The van der Waals surface area contributed by atoms with E-state index in [0.717, 1.165) is 6.42 Å². The molecule has 1 atom stereocenters. The highest BCUT2D eigenvalue weighted by Gasteiger charge is 2.27. The van der Waals surface area contributed by atoms with E-state index in [9.17, 15) is 14.0 Å². The summed E-state index contributed by atoms with van der Waals surface area (Å²) in [6.07, 6.45) is 0.781. The molecule has 2 rings (SSSR count). The summed E-state index contributed by atoms with van der Waals surface area (Å²) >= 11 is 12.2. The van der Waals surface area contributed by atoms with Crippen LogP contribution in [0.3, 0.4) is 0 Å². The number of nitrogens with zero attached hydrogens (tertiary/aromatic N) is 1. The highest BCUT2D eigenvalue weighted by molar-refractivity contribution is 6.35. The van der Waals surface area contributed by atoms with Crippen LogP contribution in [0, 0.1) is 5.82 Å². The van der Waals surface area contributed by atoms with Gasteiger partial charge < -0.3 is 15.0 Å². The zero-order valence-corrected chi connectivity index (χ0v) is 17.8. The Bertz CT molecular complexity index is 846. The van der Waals surface area contributed by atoms with Crippen molar-refractivity contribution in [3.8, 4) is 5.75 Å². The Morgan fingerprint density at radius 3 is 2.48 bits per heavy atom. The molecule has 8 heteroatoms. The molecule has 0 unspecified atom stereocenters.